The van der Waals surface area contributed by atoms with Crippen LogP contribution in [0.2, 0.25) is 5.02 Å². The van der Waals surface area contributed by atoms with E-state index in [1.807, 2.05) is 6.92 Å². The highest BCUT2D eigenvalue weighted by Crippen LogP contribution is 2.25. The van der Waals surface area contributed by atoms with Gasteiger partial charge in [0.25, 0.3) is 0 Å². The zero-order valence-corrected chi connectivity index (χ0v) is 19.5. The van der Waals surface area contributed by atoms with Gasteiger partial charge in [-0.3, -0.25) is 0 Å². The van der Waals surface area contributed by atoms with Crippen LogP contribution >= 0.6 is 35.6 Å². The Kier molecular flexibility index (Phi) is 12.0. The first-order valence-corrected chi connectivity index (χ1v) is 9.87. The fourth-order valence-electron chi connectivity index (χ4n) is 3.23. The van der Waals surface area contributed by atoms with Gasteiger partial charge in [0.15, 0.2) is 5.96 Å². The van der Waals surface area contributed by atoms with Gasteiger partial charge < -0.3 is 20.3 Å². The molecule has 1 aromatic carbocycles. The number of likely N-dealkylation sites (tertiary alicyclic amines) is 1. The van der Waals surface area contributed by atoms with Gasteiger partial charge in [-0.1, -0.05) is 18.5 Å². The Bertz CT molecular complexity index is 622. The summed E-state index contributed by atoms with van der Waals surface area (Å²) >= 11 is 5.99. The predicted octanol–water partition coefficient (Wildman–Crippen LogP) is 4.35. The van der Waals surface area contributed by atoms with Gasteiger partial charge in [0.05, 0.1) is 6.54 Å². The molecule has 0 radical (unpaired) electrons. The molecule has 9 heteroatoms. The van der Waals surface area contributed by atoms with Crippen molar-refractivity contribution in [1.82, 2.24) is 15.5 Å². The smallest absolute Gasteiger partial charge is 0.387 e. The highest BCUT2D eigenvalue weighted by atomic mass is 127. The summed E-state index contributed by atoms with van der Waals surface area (Å²) < 4.78 is 29.7. The minimum Gasteiger partial charge on any atom is -0.434 e. The second-order valence-corrected chi connectivity index (χ2v) is 7.04. The zero-order valence-electron chi connectivity index (χ0n) is 16.4. The number of halogens is 4. The van der Waals surface area contributed by atoms with E-state index in [9.17, 15) is 8.78 Å². The molecule has 0 amide bonds. The Morgan fingerprint density at radius 2 is 2.14 bits per heavy atom. The monoisotopic (exact) mass is 530 g/mol. The van der Waals surface area contributed by atoms with E-state index in [1.165, 1.54) is 31.5 Å². The maximum atomic E-state index is 12.6. The minimum absolute atomic E-state index is 0. The van der Waals surface area contributed by atoms with E-state index in [2.05, 4.69) is 32.2 Å². The predicted molar refractivity (Wildman–Crippen MR) is 121 cm³/mol. The van der Waals surface area contributed by atoms with E-state index in [1.54, 1.807) is 6.07 Å². The lowest BCUT2D eigenvalue weighted by atomic mass is 9.98. The number of aliphatic imine (C=N–C) groups is 1. The average molecular weight is 531 g/mol. The van der Waals surface area contributed by atoms with Crippen LogP contribution in [0.3, 0.4) is 0 Å². The van der Waals surface area contributed by atoms with Gasteiger partial charge in [-0.2, -0.15) is 8.78 Å². The molecule has 160 valence electrons. The molecule has 1 atom stereocenters. The van der Waals surface area contributed by atoms with Crippen LogP contribution in [0.1, 0.15) is 32.3 Å². The number of piperidine rings is 1. The lowest BCUT2D eigenvalue weighted by Crippen LogP contribution is -2.44. The van der Waals surface area contributed by atoms with Crippen molar-refractivity contribution >= 4 is 41.5 Å². The highest BCUT2D eigenvalue weighted by molar-refractivity contribution is 14.0. The summed E-state index contributed by atoms with van der Waals surface area (Å²) in [5.41, 5.74) is 0.523. The lowest BCUT2D eigenvalue weighted by molar-refractivity contribution is -0.0504. The maximum Gasteiger partial charge on any atom is 0.387 e. The first kappa shape index (κ1) is 25.2. The van der Waals surface area contributed by atoms with Gasteiger partial charge >= 0.3 is 6.61 Å². The molecule has 0 saturated carbocycles. The first-order chi connectivity index (χ1) is 13.0. The van der Waals surface area contributed by atoms with Crippen LogP contribution < -0.4 is 15.4 Å². The summed E-state index contributed by atoms with van der Waals surface area (Å²) in [6.07, 6.45) is 2.41. The third kappa shape index (κ3) is 8.65. The molecule has 0 bridgehead atoms. The maximum absolute atomic E-state index is 12.6. The average Bonchev–Trinajstić information content (AvgIpc) is 2.65. The van der Waals surface area contributed by atoms with Gasteiger partial charge in [0.1, 0.15) is 5.75 Å². The molecule has 2 rings (SSSR count). The summed E-state index contributed by atoms with van der Waals surface area (Å²) in [6, 6.07) is 4.58. The van der Waals surface area contributed by atoms with Crippen LogP contribution in [0.15, 0.2) is 23.2 Å². The van der Waals surface area contributed by atoms with E-state index < -0.39 is 6.61 Å². The number of hydrogen-bond donors (Lipinski definition) is 2. The molecule has 0 aliphatic carbocycles. The van der Waals surface area contributed by atoms with Gasteiger partial charge in [0, 0.05) is 30.2 Å². The molecule has 1 aromatic rings. The number of ether oxygens (including phenoxy) is 1. The lowest BCUT2D eigenvalue weighted by Gasteiger charge is -2.32. The van der Waals surface area contributed by atoms with Gasteiger partial charge in [0.2, 0.25) is 0 Å². The molecule has 0 spiro atoms. The molecule has 0 aromatic heterocycles. The van der Waals surface area contributed by atoms with Crippen molar-refractivity contribution in [3.05, 3.63) is 28.8 Å². The third-order valence-corrected chi connectivity index (χ3v) is 4.83. The van der Waals surface area contributed by atoms with E-state index in [4.69, 9.17) is 11.6 Å². The molecule has 1 unspecified atom stereocenters. The largest absolute Gasteiger partial charge is 0.434 e. The number of rotatable bonds is 8. The Morgan fingerprint density at radius 3 is 2.82 bits per heavy atom. The van der Waals surface area contributed by atoms with Gasteiger partial charge in [-0.05, 0) is 57.0 Å². The number of alkyl halides is 2. The summed E-state index contributed by atoms with van der Waals surface area (Å²) in [7, 11) is 0. The molecule has 1 fully saturated rings. The van der Waals surface area contributed by atoms with E-state index >= 15 is 0 Å². The highest BCUT2D eigenvalue weighted by Gasteiger charge is 2.18. The van der Waals surface area contributed by atoms with Crippen molar-refractivity contribution in [1.29, 1.82) is 0 Å². The summed E-state index contributed by atoms with van der Waals surface area (Å²) in [5, 5.41) is 7.03. The summed E-state index contributed by atoms with van der Waals surface area (Å²) in [4.78, 5) is 6.97. The normalized spacial score (nSPS) is 17.9. The molecule has 28 heavy (non-hydrogen) atoms. The number of nitrogens with one attached hydrogen (secondary N) is 2. The fraction of sp³-hybridized carbons (Fsp3) is 0.632. The Balaban J connectivity index is 0.00000392. The Morgan fingerprint density at radius 1 is 1.36 bits per heavy atom. The van der Waals surface area contributed by atoms with Crippen LogP contribution in [0.5, 0.6) is 5.75 Å². The fourth-order valence-corrected chi connectivity index (χ4v) is 3.43. The van der Waals surface area contributed by atoms with Crippen LogP contribution in [0.4, 0.5) is 8.78 Å². The van der Waals surface area contributed by atoms with Crippen LogP contribution in [0, 0.1) is 5.92 Å². The standard InChI is InChI=1S/C19H29ClF2N4O.HI/c1-3-23-19(24-11-14-6-5-9-26(4-2)13-14)25-12-15-10-16(20)7-8-17(15)27-18(21)22;/h7-8,10,14,18H,3-6,9,11-13H2,1-2H3,(H2,23,24,25);1H. The van der Waals surface area contributed by atoms with Crippen molar-refractivity contribution in [2.45, 2.75) is 39.8 Å². The Hall–Kier alpha value is -0.870. The number of guanidine groups is 1. The molecule has 1 heterocycles. The minimum atomic E-state index is -2.88. The van der Waals surface area contributed by atoms with Gasteiger partial charge in [-0.25, -0.2) is 4.99 Å². The van der Waals surface area contributed by atoms with Crippen molar-refractivity contribution in [3.8, 4) is 5.75 Å². The number of hydrogen-bond acceptors (Lipinski definition) is 3. The Labute approximate surface area is 188 Å². The first-order valence-electron chi connectivity index (χ1n) is 9.49. The zero-order chi connectivity index (χ0) is 19.6. The van der Waals surface area contributed by atoms with Crippen LogP contribution in [0.25, 0.3) is 0 Å². The van der Waals surface area contributed by atoms with E-state index in [0.717, 1.165) is 19.6 Å². The van der Waals surface area contributed by atoms with Gasteiger partial charge in [-0.15, -0.1) is 24.0 Å². The SMILES string of the molecule is CCNC(=NCc1cc(Cl)ccc1OC(F)F)NCC1CCCN(CC)C1.I. The van der Waals surface area contributed by atoms with Crippen LogP contribution in [-0.2, 0) is 6.54 Å². The number of benzene rings is 1. The summed E-state index contributed by atoms with van der Waals surface area (Å²) in [6.45, 7) is 6.37. The van der Waals surface area contributed by atoms with E-state index in [-0.39, 0.29) is 36.3 Å². The van der Waals surface area contributed by atoms with Crippen molar-refractivity contribution in [3.63, 3.8) is 0 Å². The molecular formula is C19H30ClF2IN4O. The van der Waals surface area contributed by atoms with Crippen molar-refractivity contribution in [2.75, 3.05) is 32.7 Å². The second-order valence-electron chi connectivity index (χ2n) is 6.61. The molecule has 1 saturated heterocycles. The topological polar surface area (TPSA) is 48.9 Å². The van der Waals surface area contributed by atoms with E-state index in [0.29, 0.717) is 29.0 Å². The second kappa shape index (κ2) is 13.4. The molecular weight excluding hydrogens is 501 g/mol. The van der Waals surface area contributed by atoms with Crippen molar-refractivity contribution < 1.29 is 13.5 Å². The molecule has 2 N–H and O–H groups in total. The van der Waals surface area contributed by atoms with Crippen LogP contribution in [-0.4, -0.2) is 50.2 Å². The number of nitrogens with zero attached hydrogens (tertiary/aromatic N) is 2. The third-order valence-electron chi connectivity index (χ3n) is 4.60. The molecule has 1 aliphatic rings. The summed E-state index contributed by atoms with van der Waals surface area (Å²) in [5.74, 6) is 1.33. The molecule has 1 aliphatic heterocycles. The molecule has 5 nitrogen and oxygen atoms in total. The van der Waals surface area contributed by atoms with Crippen molar-refractivity contribution in [2.24, 2.45) is 10.9 Å². The quantitative estimate of drug-likeness (QED) is 0.298.